The van der Waals surface area contributed by atoms with Gasteiger partial charge in [0, 0.05) is 12.1 Å². The minimum atomic E-state index is -4.45. The Kier molecular flexibility index (Phi) is 3.23. The standard InChI is InChI=1S/C13H11F3N2O/c1-8-9(7-17)5-12(19)18(8)11-4-2-3-10(6-11)13(14,15)16/h2-4,6,8-9H,5H2,1H3. The molecule has 0 N–H and O–H groups in total. The van der Waals surface area contributed by atoms with E-state index in [0.29, 0.717) is 0 Å². The summed E-state index contributed by atoms with van der Waals surface area (Å²) in [5.74, 6) is -0.805. The van der Waals surface area contributed by atoms with E-state index in [1.165, 1.54) is 17.0 Å². The second kappa shape index (κ2) is 4.57. The van der Waals surface area contributed by atoms with E-state index >= 15 is 0 Å². The molecule has 0 spiro atoms. The number of amides is 1. The Morgan fingerprint density at radius 2 is 2.11 bits per heavy atom. The number of rotatable bonds is 1. The summed E-state index contributed by atoms with van der Waals surface area (Å²) in [6.45, 7) is 1.67. The summed E-state index contributed by atoms with van der Waals surface area (Å²) in [5.41, 5.74) is -0.615. The molecule has 1 aliphatic rings. The zero-order chi connectivity index (χ0) is 14.2. The molecule has 2 unspecified atom stereocenters. The van der Waals surface area contributed by atoms with Crippen LogP contribution in [0, 0.1) is 17.2 Å². The van der Waals surface area contributed by atoms with E-state index in [2.05, 4.69) is 0 Å². The molecule has 19 heavy (non-hydrogen) atoms. The molecule has 0 bridgehead atoms. The van der Waals surface area contributed by atoms with Gasteiger partial charge in [0.05, 0.1) is 23.6 Å². The van der Waals surface area contributed by atoms with Crippen molar-refractivity contribution in [2.75, 3.05) is 4.90 Å². The van der Waals surface area contributed by atoms with Crippen LogP contribution in [0.1, 0.15) is 18.9 Å². The molecule has 1 aromatic carbocycles. The third-order valence-electron chi connectivity index (χ3n) is 3.27. The van der Waals surface area contributed by atoms with Gasteiger partial charge in [0.15, 0.2) is 0 Å². The predicted octanol–water partition coefficient (Wildman–Crippen LogP) is 2.97. The van der Waals surface area contributed by atoms with Gasteiger partial charge in [-0.25, -0.2) is 0 Å². The highest BCUT2D eigenvalue weighted by atomic mass is 19.4. The molecule has 2 rings (SSSR count). The highest BCUT2D eigenvalue weighted by Gasteiger charge is 2.39. The minimum Gasteiger partial charge on any atom is -0.308 e. The monoisotopic (exact) mass is 268 g/mol. The van der Waals surface area contributed by atoms with Crippen LogP contribution in [0.5, 0.6) is 0 Å². The number of benzene rings is 1. The van der Waals surface area contributed by atoms with Gasteiger partial charge in [-0.3, -0.25) is 4.79 Å². The van der Waals surface area contributed by atoms with E-state index in [4.69, 9.17) is 5.26 Å². The van der Waals surface area contributed by atoms with Gasteiger partial charge in [-0.2, -0.15) is 18.4 Å². The van der Waals surface area contributed by atoms with E-state index in [1.54, 1.807) is 6.92 Å². The van der Waals surface area contributed by atoms with Crippen LogP contribution in [0.15, 0.2) is 24.3 Å². The van der Waals surface area contributed by atoms with Crippen LogP contribution < -0.4 is 4.90 Å². The number of alkyl halides is 3. The third-order valence-corrected chi connectivity index (χ3v) is 3.27. The first-order valence-corrected chi connectivity index (χ1v) is 5.73. The van der Waals surface area contributed by atoms with Crippen molar-refractivity contribution in [2.45, 2.75) is 25.6 Å². The van der Waals surface area contributed by atoms with Gasteiger partial charge in [-0.1, -0.05) is 6.07 Å². The smallest absolute Gasteiger partial charge is 0.308 e. The number of halogens is 3. The maximum atomic E-state index is 12.6. The lowest BCUT2D eigenvalue weighted by Gasteiger charge is -2.23. The number of hydrogen-bond donors (Lipinski definition) is 0. The molecule has 0 aliphatic carbocycles. The Labute approximate surface area is 108 Å². The summed E-state index contributed by atoms with van der Waals surface area (Å²) in [6, 6.07) is 6.19. The number of carbonyl (C=O) groups excluding carboxylic acids is 1. The molecule has 0 aromatic heterocycles. The van der Waals surface area contributed by atoms with Gasteiger partial charge in [-0.05, 0) is 25.1 Å². The summed E-state index contributed by atoms with van der Waals surface area (Å²) in [4.78, 5) is 13.1. The molecule has 1 aliphatic heterocycles. The Morgan fingerprint density at radius 3 is 2.63 bits per heavy atom. The van der Waals surface area contributed by atoms with E-state index in [9.17, 15) is 18.0 Å². The Balaban J connectivity index is 2.38. The van der Waals surface area contributed by atoms with E-state index in [0.717, 1.165) is 12.1 Å². The van der Waals surface area contributed by atoms with Crippen molar-refractivity contribution >= 4 is 11.6 Å². The molecular weight excluding hydrogens is 257 g/mol. The van der Waals surface area contributed by atoms with Crippen LogP contribution in [-0.2, 0) is 11.0 Å². The van der Waals surface area contributed by atoms with Gasteiger partial charge in [0.2, 0.25) is 5.91 Å². The van der Waals surface area contributed by atoms with Crippen molar-refractivity contribution in [1.82, 2.24) is 0 Å². The minimum absolute atomic E-state index is 0.0495. The summed E-state index contributed by atoms with van der Waals surface area (Å²) in [5, 5.41) is 8.89. The third kappa shape index (κ3) is 2.41. The molecule has 1 aromatic rings. The first kappa shape index (κ1) is 13.4. The van der Waals surface area contributed by atoms with Crippen LogP contribution in [0.3, 0.4) is 0 Å². The lowest BCUT2D eigenvalue weighted by Crippen LogP contribution is -2.32. The molecule has 6 heteroatoms. The highest BCUT2D eigenvalue weighted by molar-refractivity contribution is 5.97. The van der Waals surface area contributed by atoms with Crippen LogP contribution in [0.2, 0.25) is 0 Å². The molecule has 1 saturated heterocycles. The lowest BCUT2D eigenvalue weighted by molar-refractivity contribution is -0.137. The normalized spacial score (nSPS) is 23.5. The molecule has 1 heterocycles. The van der Waals surface area contributed by atoms with E-state index in [-0.39, 0.29) is 18.0 Å². The average Bonchev–Trinajstić information content (AvgIpc) is 2.63. The van der Waals surface area contributed by atoms with E-state index < -0.39 is 23.7 Å². The van der Waals surface area contributed by atoms with Crippen LogP contribution >= 0.6 is 0 Å². The van der Waals surface area contributed by atoms with E-state index in [1.807, 2.05) is 6.07 Å². The number of nitrogens with zero attached hydrogens (tertiary/aromatic N) is 2. The lowest BCUT2D eigenvalue weighted by atomic mass is 10.0. The Morgan fingerprint density at radius 1 is 1.42 bits per heavy atom. The number of carbonyl (C=O) groups is 1. The van der Waals surface area contributed by atoms with Crippen molar-refractivity contribution in [3.8, 4) is 6.07 Å². The number of anilines is 1. The molecule has 1 amide bonds. The quantitative estimate of drug-likeness (QED) is 0.786. The zero-order valence-electron chi connectivity index (χ0n) is 10.1. The fourth-order valence-electron chi connectivity index (χ4n) is 2.23. The molecule has 3 nitrogen and oxygen atoms in total. The van der Waals surface area contributed by atoms with Crippen molar-refractivity contribution in [1.29, 1.82) is 5.26 Å². The number of nitriles is 1. The maximum absolute atomic E-state index is 12.6. The second-order valence-corrected chi connectivity index (χ2v) is 4.49. The molecular formula is C13H11F3N2O. The van der Waals surface area contributed by atoms with Gasteiger partial charge in [0.25, 0.3) is 0 Å². The molecule has 0 saturated carbocycles. The zero-order valence-corrected chi connectivity index (χ0v) is 10.1. The molecule has 0 radical (unpaired) electrons. The first-order valence-electron chi connectivity index (χ1n) is 5.73. The van der Waals surface area contributed by atoms with Crippen molar-refractivity contribution in [2.24, 2.45) is 5.92 Å². The second-order valence-electron chi connectivity index (χ2n) is 4.49. The molecule has 100 valence electrons. The van der Waals surface area contributed by atoms with Crippen LogP contribution in [-0.4, -0.2) is 11.9 Å². The van der Waals surface area contributed by atoms with Crippen molar-refractivity contribution in [3.63, 3.8) is 0 Å². The SMILES string of the molecule is CC1C(C#N)CC(=O)N1c1cccc(C(F)(F)F)c1. The Hall–Kier alpha value is -2.03. The number of hydrogen-bond acceptors (Lipinski definition) is 2. The average molecular weight is 268 g/mol. The summed E-state index contributed by atoms with van der Waals surface area (Å²) in [6.07, 6.45) is -4.40. The van der Waals surface area contributed by atoms with Gasteiger partial charge in [-0.15, -0.1) is 0 Å². The largest absolute Gasteiger partial charge is 0.416 e. The fourth-order valence-corrected chi connectivity index (χ4v) is 2.23. The van der Waals surface area contributed by atoms with Crippen molar-refractivity contribution in [3.05, 3.63) is 29.8 Å². The molecule has 2 atom stereocenters. The van der Waals surface area contributed by atoms with Crippen LogP contribution in [0.4, 0.5) is 18.9 Å². The van der Waals surface area contributed by atoms with Gasteiger partial charge >= 0.3 is 6.18 Å². The highest BCUT2D eigenvalue weighted by Crippen LogP contribution is 2.35. The van der Waals surface area contributed by atoms with Gasteiger partial charge in [0.1, 0.15) is 0 Å². The van der Waals surface area contributed by atoms with Gasteiger partial charge < -0.3 is 4.90 Å². The predicted molar refractivity (Wildman–Crippen MR) is 62.1 cm³/mol. The topological polar surface area (TPSA) is 44.1 Å². The van der Waals surface area contributed by atoms with Crippen LogP contribution in [0.25, 0.3) is 0 Å². The fraction of sp³-hybridized carbons (Fsp3) is 0.385. The summed E-state index contributed by atoms with van der Waals surface area (Å²) < 4.78 is 37.9. The Bertz CT molecular complexity index is 548. The maximum Gasteiger partial charge on any atom is 0.416 e. The first-order chi connectivity index (χ1) is 8.84. The van der Waals surface area contributed by atoms with Crippen molar-refractivity contribution < 1.29 is 18.0 Å². The summed E-state index contributed by atoms with van der Waals surface area (Å²) >= 11 is 0. The summed E-state index contributed by atoms with van der Waals surface area (Å²) in [7, 11) is 0. The molecule has 1 fully saturated rings.